The molecule has 0 saturated heterocycles. The van der Waals surface area contributed by atoms with Crippen molar-refractivity contribution in [3.8, 4) is 0 Å². The zero-order valence-electron chi connectivity index (χ0n) is 11.8. The van der Waals surface area contributed by atoms with Gasteiger partial charge in [-0.05, 0) is 18.6 Å². The van der Waals surface area contributed by atoms with Crippen molar-refractivity contribution in [2.75, 3.05) is 11.9 Å². The van der Waals surface area contributed by atoms with E-state index >= 15 is 0 Å². The summed E-state index contributed by atoms with van der Waals surface area (Å²) in [4.78, 5) is 20.1. The molecule has 2 aromatic rings. The summed E-state index contributed by atoms with van der Waals surface area (Å²) in [7, 11) is 0. The Kier molecular flexibility index (Phi) is 5.51. The summed E-state index contributed by atoms with van der Waals surface area (Å²) >= 11 is 6.04. The maximum absolute atomic E-state index is 11.8. The fraction of sp³-hybridized carbons (Fsp3) is 0.267. The van der Waals surface area contributed by atoms with Crippen molar-refractivity contribution < 1.29 is 4.79 Å². The number of nitrogens with one attached hydrogen (secondary N) is 2. The van der Waals surface area contributed by atoms with E-state index in [4.69, 9.17) is 11.6 Å². The van der Waals surface area contributed by atoms with Crippen LogP contribution >= 0.6 is 11.6 Å². The highest BCUT2D eigenvalue weighted by molar-refractivity contribution is 6.33. The molecule has 110 valence electrons. The molecule has 0 aliphatic heterocycles. The average Bonchev–Trinajstić information content (AvgIpc) is 2.50. The largest absolute Gasteiger partial charge is 0.352 e. The lowest BCUT2D eigenvalue weighted by Crippen LogP contribution is -2.24. The normalized spacial score (nSPS) is 10.2. The first-order chi connectivity index (χ1) is 10.2. The van der Waals surface area contributed by atoms with E-state index in [-0.39, 0.29) is 5.91 Å². The molecule has 0 fully saturated rings. The van der Waals surface area contributed by atoms with Crippen LogP contribution in [0.3, 0.4) is 0 Å². The van der Waals surface area contributed by atoms with Crippen molar-refractivity contribution >= 4 is 29.1 Å². The predicted molar refractivity (Wildman–Crippen MR) is 84.0 cm³/mol. The summed E-state index contributed by atoms with van der Waals surface area (Å²) in [5, 5.41) is 6.41. The maximum atomic E-state index is 11.8. The van der Waals surface area contributed by atoms with Crippen LogP contribution in [-0.4, -0.2) is 22.4 Å². The summed E-state index contributed by atoms with van der Waals surface area (Å²) in [6.45, 7) is 2.74. The third kappa shape index (κ3) is 4.43. The Morgan fingerprint density at radius 3 is 2.62 bits per heavy atom. The highest BCUT2D eigenvalue weighted by Gasteiger charge is 2.07. The molecule has 0 aliphatic carbocycles. The molecule has 2 rings (SSSR count). The summed E-state index contributed by atoms with van der Waals surface area (Å²) in [5.41, 5.74) is 1.16. The number of unbranched alkanes of at least 4 members (excludes halogenated alkanes) is 1. The van der Waals surface area contributed by atoms with Gasteiger partial charge >= 0.3 is 0 Å². The molecule has 0 radical (unpaired) electrons. The van der Waals surface area contributed by atoms with Crippen molar-refractivity contribution in [1.82, 2.24) is 15.3 Å². The Morgan fingerprint density at radius 1 is 1.24 bits per heavy atom. The molecule has 1 amide bonds. The van der Waals surface area contributed by atoms with Crippen LogP contribution in [0, 0.1) is 0 Å². The SMILES string of the molecule is CCCCNC(=O)c1cnc(Nc2ccccc2Cl)nc1. The lowest BCUT2D eigenvalue weighted by Gasteiger charge is -2.07. The fourth-order valence-electron chi connectivity index (χ4n) is 1.67. The molecule has 2 N–H and O–H groups in total. The van der Waals surface area contributed by atoms with Gasteiger partial charge < -0.3 is 10.6 Å². The molecule has 1 aromatic heterocycles. The number of rotatable bonds is 6. The van der Waals surface area contributed by atoms with E-state index < -0.39 is 0 Å². The zero-order chi connectivity index (χ0) is 15.1. The highest BCUT2D eigenvalue weighted by atomic mass is 35.5. The Labute approximate surface area is 128 Å². The summed E-state index contributed by atoms with van der Waals surface area (Å²) in [5.74, 6) is 0.237. The minimum absolute atomic E-state index is 0.159. The molecule has 0 saturated carbocycles. The average molecular weight is 305 g/mol. The number of nitrogens with zero attached hydrogens (tertiary/aromatic N) is 2. The van der Waals surface area contributed by atoms with Crippen molar-refractivity contribution in [3.63, 3.8) is 0 Å². The van der Waals surface area contributed by atoms with Gasteiger partial charge in [-0.3, -0.25) is 4.79 Å². The highest BCUT2D eigenvalue weighted by Crippen LogP contribution is 2.22. The second-order valence-electron chi connectivity index (χ2n) is 4.51. The van der Waals surface area contributed by atoms with Gasteiger partial charge in [0.1, 0.15) is 0 Å². The molecule has 0 spiro atoms. The molecule has 0 unspecified atom stereocenters. The first-order valence-electron chi connectivity index (χ1n) is 6.82. The molecular weight excluding hydrogens is 288 g/mol. The number of amides is 1. The Bertz CT molecular complexity index is 601. The maximum Gasteiger partial charge on any atom is 0.254 e. The number of hydrogen-bond donors (Lipinski definition) is 2. The molecular formula is C15H17ClN4O. The number of carbonyl (C=O) groups excluding carboxylic acids is 1. The van der Waals surface area contributed by atoms with Gasteiger partial charge in [0.15, 0.2) is 0 Å². The molecule has 0 aliphatic rings. The lowest BCUT2D eigenvalue weighted by molar-refractivity contribution is 0.0952. The van der Waals surface area contributed by atoms with Gasteiger partial charge in [0.25, 0.3) is 5.91 Å². The van der Waals surface area contributed by atoms with E-state index in [9.17, 15) is 4.79 Å². The number of carbonyl (C=O) groups is 1. The Balaban J connectivity index is 1.99. The van der Waals surface area contributed by atoms with Gasteiger partial charge in [0.05, 0.1) is 16.3 Å². The Morgan fingerprint density at radius 2 is 1.95 bits per heavy atom. The molecule has 0 atom stereocenters. The van der Waals surface area contributed by atoms with Crippen molar-refractivity contribution in [2.45, 2.75) is 19.8 Å². The van der Waals surface area contributed by atoms with Crippen LogP contribution in [0.15, 0.2) is 36.7 Å². The molecule has 1 heterocycles. The number of para-hydroxylation sites is 1. The van der Waals surface area contributed by atoms with Crippen LogP contribution in [0.2, 0.25) is 5.02 Å². The minimum atomic E-state index is -0.159. The number of anilines is 2. The molecule has 21 heavy (non-hydrogen) atoms. The standard InChI is InChI=1S/C15H17ClN4O/c1-2-3-8-17-14(21)11-9-18-15(19-10-11)20-13-7-5-4-6-12(13)16/h4-7,9-10H,2-3,8H2,1H3,(H,17,21)(H,18,19,20). The first kappa shape index (κ1) is 15.3. The Hall–Kier alpha value is -2.14. The van der Waals surface area contributed by atoms with E-state index in [1.54, 1.807) is 6.07 Å². The van der Waals surface area contributed by atoms with Crippen LogP contribution in [0.4, 0.5) is 11.6 Å². The molecule has 6 heteroatoms. The second-order valence-corrected chi connectivity index (χ2v) is 4.92. The third-order valence-corrected chi connectivity index (χ3v) is 3.18. The van der Waals surface area contributed by atoms with Gasteiger partial charge in [0, 0.05) is 18.9 Å². The molecule has 5 nitrogen and oxygen atoms in total. The van der Waals surface area contributed by atoms with Crippen LogP contribution < -0.4 is 10.6 Å². The van der Waals surface area contributed by atoms with E-state index in [1.807, 2.05) is 18.2 Å². The van der Waals surface area contributed by atoms with Crippen molar-refractivity contribution in [1.29, 1.82) is 0 Å². The van der Waals surface area contributed by atoms with Gasteiger partial charge in [0.2, 0.25) is 5.95 Å². The quantitative estimate of drug-likeness (QED) is 0.803. The van der Waals surface area contributed by atoms with Gasteiger partial charge in [-0.1, -0.05) is 37.1 Å². The van der Waals surface area contributed by atoms with Gasteiger partial charge in [-0.15, -0.1) is 0 Å². The molecule has 0 bridgehead atoms. The van der Waals surface area contributed by atoms with E-state index in [1.165, 1.54) is 12.4 Å². The van der Waals surface area contributed by atoms with Gasteiger partial charge in [-0.25, -0.2) is 9.97 Å². The van der Waals surface area contributed by atoms with Crippen molar-refractivity contribution in [3.05, 3.63) is 47.2 Å². The minimum Gasteiger partial charge on any atom is -0.352 e. The van der Waals surface area contributed by atoms with Crippen LogP contribution in [0.5, 0.6) is 0 Å². The van der Waals surface area contributed by atoms with Crippen LogP contribution in [0.25, 0.3) is 0 Å². The summed E-state index contributed by atoms with van der Waals surface area (Å²) < 4.78 is 0. The topological polar surface area (TPSA) is 66.9 Å². The summed E-state index contributed by atoms with van der Waals surface area (Å²) in [6.07, 6.45) is 4.98. The smallest absolute Gasteiger partial charge is 0.254 e. The number of hydrogen-bond acceptors (Lipinski definition) is 4. The van der Waals surface area contributed by atoms with Crippen LogP contribution in [-0.2, 0) is 0 Å². The first-order valence-corrected chi connectivity index (χ1v) is 7.20. The summed E-state index contributed by atoms with van der Waals surface area (Å²) in [6, 6.07) is 7.32. The van der Waals surface area contributed by atoms with Crippen molar-refractivity contribution in [2.24, 2.45) is 0 Å². The number of halogens is 1. The third-order valence-electron chi connectivity index (χ3n) is 2.85. The zero-order valence-corrected chi connectivity index (χ0v) is 12.5. The van der Waals surface area contributed by atoms with E-state index in [0.29, 0.717) is 23.1 Å². The fourth-order valence-corrected chi connectivity index (χ4v) is 1.86. The van der Waals surface area contributed by atoms with E-state index in [2.05, 4.69) is 27.5 Å². The predicted octanol–water partition coefficient (Wildman–Crippen LogP) is 3.40. The van der Waals surface area contributed by atoms with E-state index in [0.717, 1.165) is 18.5 Å². The monoisotopic (exact) mass is 304 g/mol. The van der Waals surface area contributed by atoms with Gasteiger partial charge in [-0.2, -0.15) is 0 Å². The van der Waals surface area contributed by atoms with Crippen LogP contribution in [0.1, 0.15) is 30.1 Å². The number of aromatic nitrogens is 2. The molecule has 1 aromatic carbocycles. The number of benzene rings is 1. The second kappa shape index (κ2) is 7.59. The lowest BCUT2D eigenvalue weighted by atomic mass is 10.3.